The lowest BCUT2D eigenvalue weighted by Gasteiger charge is -2.09. The molecule has 1 amide bonds. The predicted molar refractivity (Wildman–Crippen MR) is 78.4 cm³/mol. The molecule has 0 aliphatic carbocycles. The lowest BCUT2D eigenvalue weighted by Crippen LogP contribution is -2.14. The molecule has 0 unspecified atom stereocenters. The van der Waals surface area contributed by atoms with Gasteiger partial charge in [0.2, 0.25) is 0 Å². The maximum atomic E-state index is 12.1. The van der Waals surface area contributed by atoms with Gasteiger partial charge in [0, 0.05) is 0 Å². The Morgan fingerprint density at radius 3 is 2.74 bits per heavy atom. The number of para-hydroxylation sites is 1. The molecule has 19 heavy (non-hydrogen) atoms. The van der Waals surface area contributed by atoms with Gasteiger partial charge in [-0.05, 0) is 44.0 Å². The summed E-state index contributed by atoms with van der Waals surface area (Å²) in [6.07, 6.45) is 1.50. The van der Waals surface area contributed by atoms with Gasteiger partial charge >= 0.3 is 0 Å². The average molecular weight is 387 g/mol. The minimum Gasteiger partial charge on any atom is -0.496 e. The Bertz CT molecular complexity index is 620. The van der Waals surface area contributed by atoms with Crippen molar-refractivity contribution in [3.8, 4) is 5.75 Å². The molecule has 98 valence electrons. The summed E-state index contributed by atoms with van der Waals surface area (Å²) in [6.45, 7) is 0. The lowest BCUT2D eigenvalue weighted by atomic mass is 10.2. The van der Waals surface area contributed by atoms with E-state index in [2.05, 4.69) is 47.1 Å². The quantitative estimate of drug-likeness (QED) is 0.879. The third kappa shape index (κ3) is 3.30. The first kappa shape index (κ1) is 14.0. The molecule has 0 bridgehead atoms. The van der Waals surface area contributed by atoms with E-state index in [0.717, 1.165) is 0 Å². The van der Waals surface area contributed by atoms with Crippen LogP contribution in [0.2, 0.25) is 0 Å². The second kappa shape index (κ2) is 6.12. The number of methoxy groups -OCH3 is 1. The van der Waals surface area contributed by atoms with Crippen molar-refractivity contribution in [2.75, 3.05) is 12.4 Å². The Kier molecular flexibility index (Phi) is 4.49. The van der Waals surface area contributed by atoms with Gasteiger partial charge in [-0.3, -0.25) is 4.79 Å². The Hall–Kier alpha value is -1.47. The van der Waals surface area contributed by atoms with E-state index in [4.69, 9.17) is 4.74 Å². The predicted octanol–water partition coefficient (Wildman–Crippen LogP) is 3.26. The molecule has 1 heterocycles. The minimum absolute atomic E-state index is 0.310. The Balaban J connectivity index is 2.26. The van der Waals surface area contributed by atoms with Crippen molar-refractivity contribution in [1.29, 1.82) is 0 Å². The first-order valence-corrected chi connectivity index (χ1v) is 6.83. The monoisotopic (exact) mass is 385 g/mol. The second-order valence-corrected chi connectivity index (χ2v) is 5.05. The summed E-state index contributed by atoms with van der Waals surface area (Å²) >= 11 is 6.43. The van der Waals surface area contributed by atoms with E-state index in [1.54, 1.807) is 24.3 Å². The molecular weight excluding hydrogens is 378 g/mol. The number of nitrogens with one attached hydrogen (secondary N) is 1. The van der Waals surface area contributed by atoms with Crippen molar-refractivity contribution >= 4 is 43.6 Å². The van der Waals surface area contributed by atoms with E-state index in [1.807, 2.05) is 0 Å². The van der Waals surface area contributed by atoms with Crippen LogP contribution in [0.5, 0.6) is 5.75 Å². The zero-order valence-electron chi connectivity index (χ0n) is 9.85. The van der Waals surface area contributed by atoms with Crippen LogP contribution in [0.15, 0.2) is 39.7 Å². The fraction of sp³-hybridized carbons (Fsp3) is 0.0833. The standard InChI is InChI=1S/C12H9Br2N3O2/c1-19-8-5-3-2-4-7(8)12(18)17-11-10(14)16-9(13)6-15-11/h2-6H,1H3,(H,15,17,18). The molecule has 5 nitrogen and oxygen atoms in total. The summed E-state index contributed by atoms with van der Waals surface area (Å²) in [5.41, 5.74) is 0.432. The number of hydrogen-bond donors (Lipinski definition) is 1. The maximum absolute atomic E-state index is 12.1. The largest absolute Gasteiger partial charge is 0.496 e. The topological polar surface area (TPSA) is 64.1 Å². The molecule has 0 radical (unpaired) electrons. The zero-order valence-corrected chi connectivity index (χ0v) is 13.0. The molecule has 0 aliphatic rings. The molecular formula is C12H9Br2N3O2. The molecule has 0 spiro atoms. The van der Waals surface area contributed by atoms with Crippen LogP contribution in [0, 0.1) is 0 Å². The highest BCUT2D eigenvalue weighted by atomic mass is 79.9. The van der Waals surface area contributed by atoms with Gasteiger partial charge in [0.1, 0.15) is 15.0 Å². The van der Waals surface area contributed by atoms with Crippen molar-refractivity contribution in [3.63, 3.8) is 0 Å². The fourth-order valence-corrected chi connectivity index (χ4v) is 2.35. The van der Waals surface area contributed by atoms with Crippen LogP contribution in [0.4, 0.5) is 5.82 Å². The summed E-state index contributed by atoms with van der Waals surface area (Å²) < 4.78 is 6.17. The summed E-state index contributed by atoms with van der Waals surface area (Å²) in [7, 11) is 1.52. The van der Waals surface area contributed by atoms with Crippen LogP contribution in [-0.2, 0) is 0 Å². The number of aromatic nitrogens is 2. The zero-order chi connectivity index (χ0) is 13.8. The first-order chi connectivity index (χ1) is 9.11. The van der Waals surface area contributed by atoms with Crippen LogP contribution in [0.1, 0.15) is 10.4 Å². The van der Waals surface area contributed by atoms with Crippen molar-refractivity contribution in [1.82, 2.24) is 9.97 Å². The number of nitrogens with zero attached hydrogens (tertiary/aromatic N) is 2. The fourth-order valence-electron chi connectivity index (χ4n) is 1.44. The van der Waals surface area contributed by atoms with Gasteiger partial charge in [-0.1, -0.05) is 12.1 Å². The maximum Gasteiger partial charge on any atom is 0.260 e. The van der Waals surface area contributed by atoms with E-state index in [-0.39, 0.29) is 5.91 Å². The van der Waals surface area contributed by atoms with Crippen LogP contribution < -0.4 is 10.1 Å². The highest BCUT2D eigenvalue weighted by Gasteiger charge is 2.14. The van der Waals surface area contributed by atoms with Crippen molar-refractivity contribution < 1.29 is 9.53 Å². The normalized spacial score (nSPS) is 10.1. The van der Waals surface area contributed by atoms with Gasteiger partial charge < -0.3 is 10.1 Å². The Labute approximate surface area is 126 Å². The number of carbonyl (C=O) groups excluding carboxylic acids is 1. The van der Waals surface area contributed by atoms with Crippen LogP contribution in [-0.4, -0.2) is 23.0 Å². The number of halogens is 2. The van der Waals surface area contributed by atoms with E-state index in [9.17, 15) is 4.79 Å². The molecule has 1 N–H and O–H groups in total. The molecule has 1 aromatic heterocycles. The van der Waals surface area contributed by atoms with Gasteiger partial charge in [0.05, 0.1) is 18.9 Å². The van der Waals surface area contributed by atoms with E-state index < -0.39 is 0 Å². The van der Waals surface area contributed by atoms with E-state index in [1.165, 1.54) is 13.3 Å². The molecule has 0 saturated carbocycles. The highest BCUT2D eigenvalue weighted by Crippen LogP contribution is 2.22. The van der Waals surface area contributed by atoms with Gasteiger partial charge in [-0.15, -0.1) is 0 Å². The van der Waals surface area contributed by atoms with E-state index in [0.29, 0.717) is 26.3 Å². The number of ether oxygens (including phenoxy) is 1. The smallest absolute Gasteiger partial charge is 0.260 e. The summed E-state index contributed by atoms with van der Waals surface area (Å²) in [5, 5.41) is 2.67. The number of carbonyl (C=O) groups is 1. The van der Waals surface area contributed by atoms with Gasteiger partial charge in [0.25, 0.3) is 5.91 Å². The van der Waals surface area contributed by atoms with Crippen LogP contribution in [0.25, 0.3) is 0 Å². The van der Waals surface area contributed by atoms with Gasteiger partial charge in [-0.25, -0.2) is 9.97 Å². The molecule has 2 aromatic rings. The van der Waals surface area contributed by atoms with Gasteiger partial charge in [0.15, 0.2) is 5.82 Å². The highest BCUT2D eigenvalue weighted by molar-refractivity contribution is 9.11. The summed E-state index contributed by atoms with van der Waals surface area (Å²) in [5.74, 6) is 0.537. The first-order valence-electron chi connectivity index (χ1n) is 5.24. The average Bonchev–Trinajstić information content (AvgIpc) is 2.41. The minimum atomic E-state index is -0.310. The number of amides is 1. The molecule has 1 aromatic carbocycles. The molecule has 0 saturated heterocycles. The Morgan fingerprint density at radius 2 is 2.05 bits per heavy atom. The summed E-state index contributed by atoms with van der Waals surface area (Å²) in [6, 6.07) is 6.95. The lowest BCUT2D eigenvalue weighted by molar-refractivity contribution is 0.102. The number of rotatable bonds is 3. The number of hydrogen-bond acceptors (Lipinski definition) is 4. The van der Waals surface area contributed by atoms with Crippen molar-refractivity contribution in [2.45, 2.75) is 0 Å². The van der Waals surface area contributed by atoms with Gasteiger partial charge in [-0.2, -0.15) is 0 Å². The van der Waals surface area contributed by atoms with E-state index >= 15 is 0 Å². The third-order valence-electron chi connectivity index (χ3n) is 2.28. The number of anilines is 1. The van der Waals surface area contributed by atoms with Crippen LogP contribution >= 0.6 is 31.9 Å². The Morgan fingerprint density at radius 1 is 1.32 bits per heavy atom. The third-order valence-corrected chi connectivity index (χ3v) is 3.22. The van der Waals surface area contributed by atoms with Crippen molar-refractivity contribution in [3.05, 3.63) is 45.2 Å². The number of benzene rings is 1. The molecule has 7 heteroatoms. The molecule has 0 aliphatic heterocycles. The second-order valence-electron chi connectivity index (χ2n) is 3.49. The van der Waals surface area contributed by atoms with Crippen molar-refractivity contribution in [2.24, 2.45) is 0 Å². The summed E-state index contributed by atoms with van der Waals surface area (Å²) in [4.78, 5) is 20.3. The van der Waals surface area contributed by atoms with Crippen LogP contribution in [0.3, 0.4) is 0 Å². The molecule has 0 fully saturated rings. The molecule has 0 atom stereocenters. The molecule has 2 rings (SSSR count). The SMILES string of the molecule is COc1ccccc1C(=O)Nc1ncc(Br)nc1Br.